The Balaban J connectivity index is 1.93. The first-order valence-electron chi connectivity index (χ1n) is 5.53. The second kappa shape index (κ2) is 5.60. The van der Waals surface area contributed by atoms with Crippen molar-refractivity contribution < 1.29 is 9.21 Å². The minimum Gasteiger partial charge on any atom is -0.469 e. The molecule has 5 heteroatoms. The number of hydrogen-bond donors (Lipinski definition) is 2. The summed E-state index contributed by atoms with van der Waals surface area (Å²) in [6.45, 7) is 0.484. The molecule has 1 aromatic carbocycles. The summed E-state index contributed by atoms with van der Waals surface area (Å²) >= 11 is 5.85. The van der Waals surface area contributed by atoms with Crippen LogP contribution in [0.1, 0.15) is 16.1 Å². The highest BCUT2D eigenvalue weighted by Gasteiger charge is 2.11. The monoisotopic (exact) mass is 264 g/mol. The fourth-order valence-electron chi connectivity index (χ4n) is 1.58. The quantitative estimate of drug-likeness (QED) is 0.834. The van der Waals surface area contributed by atoms with Gasteiger partial charge in [0.2, 0.25) is 0 Å². The van der Waals surface area contributed by atoms with Crippen LogP contribution in [0, 0.1) is 0 Å². The van der Waals surface area contributed by atoms with Gasteiger partial charge in [-0.15, -0.1) is 0 Å². The van der Waals surface area contributed by atoms with E-state index in [4.69, 9.17) is 21.8 Å². The van der Waals surface area contributed by atoms with E-state index < -0.39 is 0 Å². The van der Waals surface area contributed by atoms with Crippen molar-refractivity contribution in [3.63, 3.8) is 0 Å². The molecular formula is C13H13ClN2O2. The van der Waals surface area contributed by atoms with Gasteiger partial charge in [0, 0.05) is 13.0 Å². The Hall–Kier alpha value is -1.94. The van der Waals surface area contributed by atoms with Crippen LogP contribution in [0.25, 0.3) is 0 Å². The second-order valence-electron chi connectivity index (χ2n) is 3.79. The number of benzene rings is 1. The smallest absolute Gasteiger partial charge is 0.253 e. The van der Waals surface area contributed by atoms with E-state index in [2.05, 4.69) is 5.32 Å². The second-order valence-corrected chi connectivity index (χ2v) is 4.19. The molecule has 0 saturated heterocycles. The largest absolute Gasteiger partial charge is 0.469 e. The highest BCUT2D eigenvalue weighted by Crippen LogP contribution is 2.22. The van der Waals surface area contributed by atoms with Gasteiger partial charge in [-0.2, -0.15) is 0 Å². The number of furan rings is 1. The minimum absolute atomic E-state index is 0.235. The zero-order valence-electron chi connectivity index (χ0n) is 9.65. The van der Waals surface area contributed by atoms with Gasteiger partial charge in [0.1, 0.15) is 5.76 Å². The summed E-state index contributed by atoms with van der Waals surface area (Å²) in [5, 5.41) is 3.15. The lowest BCUT2D eigenvalue weighted by Crippen LogP contribution is -2.26. The number of nitrogens with two attached hydrogens (primary N) is 1. The first-order valence-corrected chi connectivity index (χ1v) is 5.91. The summed E-state index contributed by atoms with van der Waals surface area (Å²) in [6, 6.07) is 8.66. The standard InChI is InChI=1S/C13H13ClN2O2/c14-11-5-1-4-10(12(11)15)13(17)16-7-6-9-3-2-8-18-9/h1-5,8H,6-7,15H2,(H,16,17). The topological polar surface area (TPSA) is 68.3 Å². The van der Waals surface area contributed by atoms with Gasteiger partial charge < -0.3 is 15.5 Å². The molecular weight excluding hydrogens is 252 g/mol. The van der Waals surface area contributed by atoms with Crippen molar-refractivity contribution in [2.24, 2.45) is 0 Å². The lowest BCUT2D eigenvalue weighted by molar-refractivity contribution is 0.0954. The molecule has 3 N–H and O–H groups in total. The lowest BCUT2D eigenvalue weighted by Gasteiger charge is -2.07. The zero-order valence-corrected chi connectivity index (χ0v) is 10.4. The molecule has 18 heavy (non-hydrogen) atoms. The number of hydrogen-bond acceptors (Lipinski definition) is 3. The van der Waals surface area contributed by atoms with Gasteiger partial charge in [-0.3, -0.25) is 4.79 Å². The molecule has 0 saturated carbocycles. The minimum atomic E-state index is -0.235. The number of rotatable bonds is 4. The molecule has 0 bridgehead atoms. The maximum absolute atomic E-state index is 11.9. The van der Waals surface area contributed by atoms with Crippen LogP contribution in [-0.4, -0.2) is 12.5 Å². The van der Waals surface area contributed by atoms with Crippen LogP contribution < -0.4 is 11.1 Å². The maximum atomic E-state index is 11.9. The molecule has 0 unspecified atom stereocenters. The summed E-state index contributed by atoms with van der Waals surface area (Å²) in [5.41, 5.74) is 6.43. The third-order valence-corrected chi connectivity index (χ3v) is 2.86. The van der Waals surface area contributed by atoms with Crippen LogP contribution >= 0.6 is 11.6 Å². The van der Waals surface area contributed by atoms with E-state index in [9.17, 15) is 4.79 Å². The molecule has 0 atom stereocenters. The average molecular weight is 265 g/mol. The van der Waals surface area contributed by atoms with Crippen molar-refractivity contribution in [3.8, 4) is 0 Å². The number of para-hydroxylation sites is 1. The van der Waals surface area contributed by atoms with Crippen LogP contribution in [0.15, 0.2) is 41.0 Å². The maximum Gasteiger partial charge on any atom is 0.253 e. The van der Waals surface area contributed by atoms with Crippen molar-refractivity contribution in [1.82, 2.24) is 5.32 Å². The van der Waals surface area contributed by atoms with Crippen molar-refractivity contribution in [1.29, 1.82) is 0 Å². The number of amides is 1. The first-order chi connectivity index (χ1) is 8.68. The van der Waals surface area contributed by atoms with Gasteiger partial charge in [-0.1, -0.05) is 17.7 Å². The Bertz CT molecular complexity index is 538. The van der Waals surface area contributed by atoms with Crippen molar-refractivity contribution in [2.45, 2.75) is 6.42 Å². The summed E-state index contributed by atoms with van der Waals surface area (Å²) in [5.74, 6) is 0.593. The SMILES string of the molecule is Nc1c(Cl)cccc1C(=O)NCCc1ccco1. The molecule has 1 amide bonds. The Morgan fingerprint density at radius 1 is 1.33 bits per heavy atom. The molecule has 2 aromatic rings. The van der Waals surface area contributed by atoms with Crippen molar-refractivity contribution >= 4 is 23.2 Å². The molecule has 0 aliphatic carbocycles. The van der Waals surface area contributed by atoms with Gasteiger partial charge in [0.25, 0.3) is 5.91 Å². The predicted molar refractivity (Wildman–Crippen MR) is 70.6 cm³/mol. The molecule has 1 heterocycles. The molecule has 94 valence electrons. The Morgan fingerprint density at radius 3 is 2.89 bits per heavy atom. The van der Waals surface area contributed by atoms with Gasteiger partial charge in [-0.25, -0.2) is 0 Å². The van der Waals surface area contributed by atoms with Gasteiger partial charge in [0.05, 0.1) is 22.5 Å². The molecule has 0 aliphatic rings. The number of anilines is 1. The Kier molecular flexibility index (Phi) is 3.89. The summed E-state index contributed by atoms with van der Waals surface area (Å²) in [4.78, 5) is 11.9. The molecule has 0 spiro atoms. The van der Waals surface area contributed by atoms with E-state index in [0.29, 0.717) is 29.2 Å². The van der Waals surface area contributed by atoms with Crippen LogP contribution in [0.5, 0.6) is 0 Å². The van der Waals surface area contributed by atoms with Crippen molar-refractivity contribution in [2.75, 3.05) is 12.3 Å². The highest BCUT2D eigenvalue weighted by molar-refractivity contribution is 6.33. The van der Waals surface area contributed by atoms with Gasteiger partial charge in [0.15, 0.2) is 0 Å². The third kappa shape index (κ3) is 2.84. The number of carbonyl (C=O) groups excluding carboxylic acids is 1. The zero-order chi connectivity index (χ0) is 13.0. The predicted octanol–water partition coefficient (Wildman–Crippen LogP) is 2.49. The summed E-state index contributed by atoms with van der Waals surface area (Å²) < 4.78 is 5.17. The molecule has 1 aromatic heterocycles. The van der Waals surface area contributed by atoms with E-state index in [1.807, 2.05) is 12.1 Å². The van der Waals surface area contributed by atoms with E-state index in [1.165, 1.54) is 0 Å². The van der Waals surface area contributed by atoms with Crippen LogP contribution in [-0.2, 0) is 6.42 Å². The Labute approximate surface area is 110 Å². The number of nitrogens with one attached hydrogen (secondary N) is 1. The van der Waals surface area contributed by atoms with Crippen molar-refractivity contribution in [3.05, 3.63) is 52.9 Å². The number of carbonyl (C=O) groups is 1. The molecule has 0 radical (unpaired) electrons. The molecule has 4 nitrogen and oxygen atoms in total. The number of halogens is 1. The number of nitrogen functional groups attached to an aromatic ring is 1. The average Bonchev–Trinajstić information content (AvgIpc) is 2.85. The van der Waals surface area contributed by atoms with Gasteiger partial charge in [-0.05, 0) is 24.3 Å². The normalized spacial score (nSPS) is 10.3. The fourth-order valence-corrected chi connectivity index (χ4v) is 1.76. The third-order valence-electron chi connectivity index (χ3n) is 2.53. The summed E-state index contributed by atoms with van der Waals surface area (Å²) in [6.07, 6.45) is 2.24. The van der Waals surface area contributed by atoms with E-state index >= 15 is 0 Å². The van der Waals surface area contributed by atoms with Crippen LogP contribution in [0.3, 0.4) is 0 Å². The van der Waals surface area contributed by atoms with Crippen LogP contribution in [0.2, 0.25) is 5.02 Å². The Morgan fingerprint density at radius 2 is 2.17 bits per heavy atom. The first kappa shape index (κ1) is 12.5. The van der Waals surface area contributed by atoms with Gasteiger partial charge >= 0.3 is 0 Å². The highest BCUT2D eigenvalue weighted by atomic mass is 35.5. The molecule has 0 aliphatic heterocycles. The fraction of sp³-hybridized carbons (Fsp3) is 0.154. The molecule has 0 fully saturated rings. The lowest BCUT2D eigenvalue weighted by atomic mass is 10.1. The van der Waals surface area contributed by atoms with E-state index in [-0.39, 0.29) is 5.91 Å². The van der Waals surface area contributed by atoms with E-state index in [1.54, 1.807) is 24.5 Å². The van der Waals surface area contributed by atoms with E-state index in [0.717, 1.165) is 5.76 Å². The molecule has 2 rings (SSSR count). The summed E-state index contributed by atoms with van der Waals surface area (Å²) in [7, 11) is 0. The van der Waals surface area contributed by atoms with Crippen LogP contribution in [0.4, 0.5) is 5.69 Å².